The maximum Gasteiger partial charge on any atom is 0.226 e. The first-order valence-corrected chi connectivity index (χ1v) is 12.6. The van der Waals surface area contributed by atoms with E-state index in [2.05, 4.69) is 52.2 Å². The molecule has 1 aliphatic rings. The molecule has 5 rings (SSSR count). The number of nitrogens with zero attached hydrogens (tertiary/aromatic N) is 3. The molecule has 0 spiro atoms. The van der Waals surface area contributed by atoms with Crippen molar-refractivity contribution in [2.75, 3.05) is 11.9 Å². The lowest BCUT2D eigenvalue weighted by Gasteiger charge is -2.28. The highest BCUT2D eigenvalue weighted by Crippen LogP contribution is 2.41. The van der Waals surface area contributed by atoms with E-state index in [1.165, 1.54) is 6.07 Å². The van der Waals surface area contributed by atoms with Crippen LogP contribution >= 0.6 is 12.2 Å². The molecule has 1 fully saturated rings. The van der Waals surface area contributed by atoms with E-state index in [1.807, 2.05) is 41.3 Å². The van der Waals surface area contributed by atoms with Crippen molar-refractivity contribution in [1.82, 2.24) is 19.8 Å². The van der Waals surface area contributed by atoms with Crippen LogP contribution in [0.5, 0.6) is 0 Å². The number of carbonyl (C=O) groups is 1. The summed E-state index contributed by atoms with van der Waals surface area (Å²) in [5.41, 5.74) is 5.44. The largest absolute Gasteiger partial charge is 0.352 e. The van der Waals surface area contributed by atoms with Crippen molar-refractivity contribution in [3.8, 4) is 5.69 Å². The van der Waals surface area contributed by atoms with E-state index in [-0.39, 0.29) is 30.1 Å². The zero-order valence-corrected chi connectivity index (χ0v) is 21.5. The van der Waals surface area contributed by atoms with Crippen LogP contribution in [0.4, 0.5) is 10.1 Å². The van der Waals surface area contributed by atoms with Crippen LogP contribution in [0.2, 0.25) is 0 Å². The molecular formula is C29H28FN5OS. The normalized spacial score (nSPS) is 17.1. The van der Waals surface area contributed by atoms with Crippen molar-refractivity contribution < 1.29 is 9.18 Å². The first kappa shape index (κ1) is 24.6. The third kappa shape index (κ3) is 4.97. The summed E-state index contributed by atoms with van der Waals surface area (Å²) in [5.74, 6) is -0.738. The van der Waals surface area contributed by atoms with E-state index < -0.39 is 5.82 Å². The highest BCUT2D eigenvalue weighted by molar-refractivity contribution is 7.80. The average Bonchev–Trinajstić information content (AvgIpc) is 3.39. The molecule has 0 bridgehead atoms. The summed E-state index contributed by atoms with van der Waals surface area (Å²) in [4.78, 5) is 19.4. The number of anilines is 1. The van der Waals surface area contributed by atoms with Gasteiger partial charge in [0.1, 0.15) is 5.82 Å². The van der Waals surface area contributed by atoms with Gasteiger partial charge in [0.2, 0.25) is 5.91 Å². The molecule has 2 aromatic carbocycles. The number of amides is 1. The Morgan fingerprint density at radius 1 is 1.05 bits per heavy atom. The van der Waals surface area contributed by atoms with Gasteiger partial charge in [0.25, 0.3) is 0 Å². The van der Waals surface area contributed by atoms with Crippen LogP contribution in [-0.2, 0) is 4.79 Å². The molecule has 1 amide bonds. The fourth-order valence-electron chi connectivity index (χ4n) is 5.04. The smallest absolute Gasteiger partial charge is 0.226 e. The van der Waals surface area contributed by atoms with Gasteiger partial charge in [-0.1, -0.05) is 36.4 Å². The predicted molar refractivity (Wildman–Crippen MR) is 147 cm³/mol. The van der Waals surface area contributed by atoms with Crippen LogP contribution in [0, 0.1) is 19.7 Å². The standard InChI is InChI=1S/C29H28FN5OS/c1-19-18-22(20(2)35(19)21-10-4-3-5-11-21)28-27(25-14-8-9-16-31-25)33-29(37)34(28)17-15-26(36)32-24-13-7-6-12-23(24)30/h3-14,16,18,27-28H,15,17H2,1-2H3,(H,32,36)(H,33,37)/t27-,28+/m0/s1. The summed E-state index contributed by atoms with van der Waals surface area (Å²) in [6.07, 6.45) is 1.92. The van der Waals surface area contributed by atoms with E-state index in [9.17, 15) is 9.18 Å². The second-order valence-electron chi connectivity index (χ2n) is 9.10. The highest BCUT2D eigenvalue weighted by atomic mass is 32.1. The Balaban J connectivity index is 1.47. The van der Waals surface area contributed by atoms with Crippen molar-refractivity contribution >= 4 is 28.9 Å². The van der Waals surface area contributed by atoms with E-state index in [0.29, 0.717) is 11.7 Å². The zero-order chi connectivity index (χ0) is 25.9. The maximum atomic E-state index is 14.0. The summed E-state index contributed by atoms with van der Waals surface area (Å²) < 4.78 is 16.3. The number of carbonyl (C=O) groups excluding carboxylic acids is 1. The minimum atomic E-state index is -0.462. The van der Waals surface area contributed by atoms with Crippen LogP contribution in [0.15, 0.2) is 85.1 Å². The summed E-state index contributed by atoms with van der Waals surface area (Å²) in [6, 6.07) is 24.0. The third-order valence-electron chi connectivity index (χ3n) is 6.73. The lowest BCUT2D eigenvalue weighted by Crippen LogP contribution is -2.33. The quantitative estimate of drug-likeness (QED) is 0.314. The molecule has 37 heavy (non-hydrogen) atoms. The van der Waals surface area contributed by atoms with Crippen molar-refractivity contribution in [3.05, 3.63) is 114 Å². The Hall–Kier alpha value is -4.04. The molecule has 4 aromatic rings. The van der Waals surface area contributed by atoms with Gasteiger partial charge >= 0.3 is 0 Å². The Kier molecular flexibility index (Phi) is 7.01. The Morgan fingerprint density at radius 3 is 2.51 bits per heavy atom. The molecule has 188 valence electrons. The third-order valence-corrected chi connectivity index (χ3v) is 7.08. The number of aromatic nitrogens is 2. The zero-order valence-electron chi connectivity index (χ0n) is 20.7. The van der Waals surface area contributed by atoms with Crippen LogP contribution in [0.3, 0.4) is 0 Å². The molecule has 0 aliphatic carbocycles. The fraction of sp³-hybridized carbons (Fsp3) is 0.207. The minimum absolute atomic E-state index is 0.152. The highest BCUT2D eigenvalue weighted by Gasteiger charge is 2.41. The lowest BCUT2D eigenvalue weighted by atomic mass is 9.96. The van der Waals surface area contributed by atoms with Gasteiger partial charge in [-0.05, 0) is 74.1 Å². The molecule has 1 saturated heterocycles. The SMILES string of the molecule is Cc1cc([C@@H]2[C@H](c3ccccn3)NC(=S)N2CCC(=O)Nc2ccccc2F)c(C)n1-c1ccccc1. The molecule has 3 heterocycles. The van der Waals surface area contributed by atoms with Gasteiger partial charge in [-0.2, -0.15) is 0 Å². The number of nitrogens with one attached hydrogen (secondary N) is 2. The van der Waals surface area contributed by atoms with Gasteiger partial charge in [0.05, 0.1) is 23.5 Å². The molecule has 2 N–H and O–H groups in total. The monoisotopic (exact) mass is 513 g/mol. The second kappa shape index (κ2) is 10.5. The summed E-state index contributed by atoms with van der Waals surface area (Å²) in [5, 5.41) is 6.67. The van der Waals surface area contributed by atoms with Gasteiger partial charge in [-0.15, -0.1) is 0 Å². The van der Waals surface area contributed by atoms with Crippen LogP contribution in [-0.4, -0.2) is 32.0 Å². The number of hydrogen-bond acceptors (Lipinski definition) is 3. The molecule has 8 heteroatoms. The van der Waals surface area contributed by atoms with Gasteiger partial charge in [0, 0.05) is 36.2 Å². The van der Waals surface area contributed by atoms with E-state index in [4.69, 9.17) is 12.2 Å². The van der Waals surface area contributed by atoms with Gasteiger partial charge in [0.15, 0.2) is 5.11 Å². The van der Waals surface area contributed by atoms with Gasteiger partial charge in [-0.3, -0.25) is 9.78 Å². The average molecular weight is 514 g/mol. The molecule has 0 saturated carbocycles. The predicted octanol–water partition coefficient (Wildman–Crippen LogP) is 5.63. The molecule has 2 aromatic heterocycles. The van der Waals surface area contributed by atoms with Crippen LogP contribution in [0.1, 0.15) is 41.1 Å². The Bertz CT molecular complexity index is 1420. The molecule has 2 atom stereocenters. The van der Waals surface area contributed by atoms with E-state index in [1.54, 1.807) is 24.4 Å². The first-order valence-electron chi connectivity index (χ1n) is 12.2. The van der Waals surface area contributed by atoms with Crippen LogP contribution < -0.4 is 10.6 Å². The van der Waals surface area contributed by atoms with Crippen molar-refractivity contribution in [2.45, 2.75) is 32.4 Å². The first-order chi connectivity index (χ1) is 17.9. The number of thiocarbonyl (C=S) groups is 1. The number of hydrogen-bond donors (Lipinski definition) is 2. The second-order valence-corrected chi connectivity index (χ2v) is 9.48. The van der Waals surface area contributed by atoms with E-state index >= 15 is 0 Å². The maximum absolute atomic E-state index is 14.0. The van der Waals surface area contributed by atoms with Crippen molar-refractivity contribution in [1.29, 1.82) is 0 Å². The molecule has 0 unspecified atom stereocenters. The number of rotatable bonds is 7. The molecule has 1 aliphatic heterocycles. The van der Waals surface area contributed by atoms with E-state index in [0.717, 1.165) is 28.3 Å². The number of pyridine rings is 1. The fourth-order valence-corrected chi connectivity index (χ4v) is 5.38. The van der Waals surface area contributed by atoms with Crippen LogP contribution in [0.25, 0.3) is 5.69 Å². The topological polar surface area (TPSA) is 62.2 Å². The summed E-state index contributed by atoms with van der Waals surface area (Å²) in [6.45, 7) is 4.57. The summed E-state index contributed by atoms with van der Waals surface area (Å²) >= 11 is 5.76. The Labute approximate surface area is 221 Å². The number of halogens is 1. The minimum Gasteiger partial charge on any atom is -0.352 e. The summed E-state index contributed by atoms with van der Waals surface area (Å²) in [7, 11) is 0. The molecule has 0 radical (unpaired) electrons. The Morgan fingerprint density at radius 2 is 1.78 bits per heavy atom. The number of benzene rings is 2. The molecule has 6 nitrogen and oxygen atoms in total. The number of aryl methyl sites for hydroxylation is 1. The van der Waals surface area contributed by atoms with Crippen molar-refractivity contribution in [3.63, 3.8) is 0 Å². The van der Waals surface area contributed by atoms with Gasteiger partial charge in [-0.25, -0.2) is 4.39 Å². The van der Waals surface area contributed by atoms with Gasteiger partial charge < -0.3 is 20.1 Å². The lowest BCUT2D eigenvalue weighted by molar-refractivity contribution is -0.116. The van der Waals surface area contributed by atoms with Crippen molar-refractivity contribution in [2.24, 2.45) is 0 Å². The number of para-hydroxylation sites is 2. The molecular weight excluding hydrogens is 485 g/mol.